The predicted molar refractivity (Wildman–Crippen MR) is 97.3 cm³/mol. The molecule has 0 saturated heterocycles. The summed E-state index contributed by atoms with van der Waals surface area (Å²) in [5, 5.41) is 14.3. The largest absolute Gasteiger partial charge is 0.493 e. The van der Waals surface area contributed by atoms with Crippen LogP contribution >= 0.6 is 0 Å². The lowest BCUT2D eigenvalue weighted by atomic mass is 10.0. The monoisotopic (exact) mass is 402 g/mol. The first kappa shape index (κ1) is 22.0. The molecule has 0 aromatic heterocycles. The molecule has 0 saturated carbocycles. The molecular weight excluding hydrogens is 377 g/mol. The molecule has 0 bridgehead atoms. The number of hydrazone groups is 1. The summed E-state index contributed by atoms with van der Waals surface area (Å²) in [6.07, 6.45) is -3.41. The molecule has 1 aromatic carbocycles. The van der Waals surface area contributed by atoms with E-state index in [9.17, 15) is 23.1 Å². The maximum atomic E-state index is 13.5. The average Bonchev–Trinajstić information content (AvgIpc) is 2.99. The number of hydrogen-bond acceptors (Lipinski definition) is 5. The summed E-state index contributed by atoms with van der Waals surface area (Å²) in [7, 11) is 2.87. The van der Waals surface area contributed by atoms with E-state index in [4.69, 9.17) is 9.47 Å². The second-order valence-electron chi connectivity index (χ2n) is 6.69. The Morgan fingerprint density at radius 3 is 2.50 bits per heavy atom. The molecule has 2 rings (SSSR count). The number of nitrogens with zero attached hydrogens (tertiary/aromatic N) is 2. The number of rotatable bonds is 8. The van der Waals surface area contributed by atoms with Gasteiger partial charge >= 0.3 is 6.18 Å². The van der Waals surface area contributed by atoms with E-state index < -0.39 is 24.2 Å². The molecule has 1 amide bonds. The van der Waals surface area contributed by atoms with E-state index in [2.05, 4.69) is 5.10 Å². The van der Waals surface area contributed by atoms with Gasteiger partial charge in [-0.2, -0.15) is 23.3 Å². The summed E-state index contributed by atoms with van der Waals surface area (Å²) >= 11 is 0. The zero-order chi connectivity index (χ0) is 20.9. The van der Waals surface area contributed by atoms with E-state index in [0.717, 1.165) is 12.8 Å². The molecule has 28 heavy (non-hydrogen) atoms. The van der Waals surface area contributed by atoms with Crippen molar-refractivity contribution in [2.75, 3.05) is 14.2 Å². The van der Waals surface area contributed by atoms with Crippen molar-refractivity contribution in [1.29, 1.82) is 0 Å². The van der Waals surface area contributed by atoms with Crippen LogP contribution in [0.1, 0.15) is 44.6 Å². The third kappa shape index (κ3) is 4.57. The quantitative estimate of drug-likeness (QED) is 0.674. The Morgan fingerprint density at radius 2 is 1.93 bits per heavy atom. The molecule has 1 heterocycles. The average molecular weight is 402 g/mol. The third-order valence-electron chi connectivity index (χ3n) is 4.60. The highest BCUT2D eigenvalue weighted by Gasteiger charge is 2.62. The Morgan fingerprint density at radius 1 is 1.25 bits per heavy atom. The number of hydrogen-bond donors (Lipinski definition) is 1. The maximum Gasteiger partial charge on any atom is 0.438 e. The van der Waals surface area contributed by atoms with E-state index in [-0.39, 0.29) is 17.1 Å². The summed E-state index contributed by atoms with van der Waals surface area (Å²) in [4.78, 5) is 12.6. The van der Waals surface area contributed by atoms with Gasteiger partial charge in [0, 0.05) is 12.1 Å². The molecule has 0 radical (unpaired) electrons. The van der Waals surface area contributed by atoms with Gasteiger partial charge in [0.15, 0.2) is 11.5 Å². The second kappa shape index (κ2) is 8.81. The summed E-state index contributed by atoms with van der Waals surface area (Å²) in [6, 6.07) is 4.61. The van der Waals surface area contributed by atoms with Gasteiger partial charge in [-0.25, -0.2) is 0 Å². The van der Waals surface area contributed by atoms with Crippen LogP contribution < -0.4 is 9.47 Å². The van der Waals surface area contributed by atoms with Crippen molar-refractivity contribution in [3.05, 3.63) is 23.8 Å². The normalized spacial score (nSPS) is 19.5. The SMILES string of the molecule is CCCCCC1=NN(C(=O)Cc2ccc(OC)c(OC)c2)[C@@](O)(C(F)(F)F)C1. The van der Waals surface area contributed by atoms with Gasteiger partial charge in [0.2, 0.25) is 5.91 Å². The molecule has 1 N–H and O–H groups in total. The Bertz CT molecular complexity index is 736. The zero-order valence-electron chi connectivity index (χ0n) is 16.2. The highest BCUT2D eigenvalue weighted by Crippen LogP contribution is 2.41. The molecule has 0 unspecified atom stereocenters. The number of amides is 1. The number of alkyl halides is 3. The summed E-state index contributed by atoms with van der Waals surface area (Å²) < 4.78 is 50.8. The molecule has 9 heteroatoms. The van der Waals surface area contributed by atoms with E-state index in [1.165, 1.54) is 20.3 Å². The Balaban J connectivity index is 2.24. The lowest BCUT2D eigenvalue weighted by Gasteiger charge is -2.32. The number of benzene rings is 1. The fraction of sp³-hybridized carbons (Fsp3) is 0.579. The summed E-state index contributed by atoms with van der Waals surface area (Å²) in [5.41, 5.74) is -2.72. The summed E-state index contributed by atoms with van der Waals surface area (Å²) in [6.45, 7) is 1.97. The molecular formula is C19H25F3N2O4. The molecule has 0 spiro atoms. The van der Waals surface area contributed by atoms with Crippen LogP contribution in [0.4, 0.5) is 13.2 Å². The number of unbranched alkanes of at least 4 members (excludes halogenated alkanes) is 2. The van der Waals surface area contributed by atoms with Gasteiger partial charge in [0.05, 0.1) is 20.6 Å². The fourth-order valence-corrected chi connectivity index (χ4v) is 3.06. The van der Waals surface area contributed by atoms with Gasteiger partial charge in [-0.05, 0) is 30.5 Å². The highest BCUT2D eigenvalue weighted by atomic mass is 19.4. The number of carbonyl (C=O) groups excluding carboxylic acids is 1. The van der Waals surface area contributed by atoms with Crippen molar-refractivity contribution < 1.29 is 32.5 Å². The van der Waals surface area contributed by atoms with Crippen molar-refractivity contribution in [2.24, 2.45) is 5.10 Å². The van der Waals surface area contributed by atoms with Crippen LogP contribution in [-0.4, -0.2) is 47.9 Å². The standard InChI is InChI=1S/C19H25F3N2O4/c1-4-5-6-7-14-12-18(26,19(20,21)22)24(23-14)17(25)11-13-8-9-15(27-2)16(10-13)28-3/h8-10,26H,4-7,11-12H2,1-3H3/t18-/m0/s1. The Hall–Kier alpha value is -2.29. The van der Waals surface area contributed by atoms with Gasteiger partial charge in [-0.15, -0.1) is 0 Å². The number of methoxy groups -OCH3 is 2. The van der Waals surface area contributed by atoms with Crippen molar-refractivity contribution in [2.45, 2.75) is 57.3 Å². The third-order valence-corrected chi connectivity index (χ3v) is 4.60. The van der Waals surface area contributed by atoms with Crippen LogP contribution in [0, 0.1) is 0 Å². The van der Waals surface area contributed by atoms with Gasteiger partial charge in [-0.3, -0.25) is 4.79 Å². The minimum Gasteiger partial charge on any atom is -0.493 e. The van der Waals surface area contributed by atoms with Crippen LogP contribution in [0.2, 0.25) is 0 Å². The topological polar surface area (TPSA) is 71.4 Å². The predicted octanol–water partition coefficient (Wildman–Crippen LogP) is 3.67. The molecule has 6 nitrogen and oxygen atoms in total. The number of aliphatic hydroxyl groups is 1. The molecule has 1 aliphatic rings. The van der Waals surface area contributed by atoms with Crippen LogP contribution in [0.5, 0.6) is 11.5 Å². The van der Waals surface area contributed by atoms with Crippen molar-refractivity contribution >= 4 is 11.6 Å². The lowest BCUT2D eigenvalue weighted by molar-refractivity contribution is -0.302. The smallest absolute Gasteiger partial charge is 0.438 e. The van der Waals surface area contributed by atoms with Gasteiger partial charge in [0.25, 0.3) is 5.72 Å². The number of carbonyl (C=O) groups is 1. The number of ether oxygens (including phenoxy) is 2. The number of halogens is 3. The Labute approximate surface area is 161 Å². The maximum absolute atomic E-state index is 13.5. The van der Waals surface area contributed by atoms with E-state index in [1.807, 2.05) is 6.92 Å². The first-order chi connectivity index (χ1) is 13.2. The van der Waals surface area contributed by atoms with Crippen LogP contribution in [0.25, 0.3) is 0 Å². The first-order valence-electron chi connectivity index (χ1n) is 9.05. The van der Waals surface area contributed by atoms with Crippen LogP contribution in [-0.2, 0) is 11.2 Å². The second-order valence-corrected chi connectivity index (χ2v) is 6.69. The highest BCUT2D eigenvalue weighted by molar-refractivity contribution is 5.91. The van der Waals surface area contributed by atoms with Crippen molar-refractivity contribution in [1.82, 2.24) is 5.01 Å². The van der Waals surface area contributed by atoms with E-state index in [0.29, 0.717) is 29.9 Å². The minimum absolute atomic E-state index is 0.175. The first-order valence-corrected chi connectivity index (χ1v) is 9.05. The molecule has 1 aromatic rings. The van der Waals surface area contributed by atoms with Gasteiger partial charge < -0.3 is 14.6 Å². The molecule has 1 atom stereocenters. The van der Waals surface area contributed by atoms with Gasteiger partial charge in [-0.1, -0.05) is 25.8 Å². The Kier molecular flexibility index (Phi) is 6.92. The van der Waals surface area contributed by atoms with E-state index >= 15 is 0 Å². The minimum atomic E-state index is -5.02. The van der Waals surface area contributed by atoms with Crippen LogP contribution in [0.15, 0.2) is 23.3 Å². The fourth-order valence-electron chi connectivity index (χ4n) is 3.06. The molecule has 156 valence electrons. The molecule has 1 aliphatic heterocycles. The van der Waals surface area contributed by atoms with Crippen molar-refractivity contribution in [3.8, 4) is 11.5 Å². The lowest BCUT2D eigenvalue weighted by Crippen LogP contribution is -2.57. The molecule has 0 fully saturated rings. The van der Waals surface area contributed by atoms with Crippen LogP contribution in [0.3, 0.4) is 0 Å². The van der Waals surface area contributed by atoms with Crippen molar-refractivity contribution in [3.63, 3.8) is 0 Å². The van der Waals surface area contributed by atoms with Gasteiger partial charge in [0.1, 0.15) is 0 Å². The van der Waals surface area contributed by atoms with E-state index in [1.54, 1.807) is 12.1 Å². The summed E-state index contributed by atoms with van der Waals surface area (Å²) in [5.74, 6) is -0.163. The zero-order valence-corrected chi connectivity index (χ0v) is 16.2. The molecule has 0 aliphatic carbocycles.